The predicted molar refractivity (Wildman–Crippen MR) is 114 cm³/mol. The fourth-order valence-electron chi connectivity index (χ4n) is 3.17. The maximum absolute atomic E-state index is 13.0. The number of aromatic nitrogens is 2. The van der Waals surface area contributed by atoms with Gasteiger partial charge >= 0.3 is 0 Å². The van der Waals surface area contributed by atoms with E-state index in [1.165, 1.54) is 23.5 Å². The van der Waals surface area contributed by atoms with E-state index in [-0.39, 0.29) is 5.91 Å². The standard InChI is InChI=1S/C20H19ClFN5OS/c1-13-18(29-20(24-13)25-17-7-4-15(22)12-23-17)19(28)27-10-8-26(9-11-27)16-5-2-14(21)3-6-16/h2-7,12H,8-11H2,1H3,(H,23,24,25). The van der Waals surface area contributed by atoms with Crippen LogP contribution in [-0.2, 0) is 0 Å². The summed E-state index contributed by atoms with van der Waals surface area (Å²) in [6.07, 6.45) is 1.13. The summed E-state index contributed by atoms with van der Waals surface area (Å²) in [7, 11) is 0. The summed E-state index contributed by atoms with van der Waals surface area (Å²) in [5.74, 6) is 0.0612. The molecule has 3 aromatic rings. The lowest BCUT2D eigenvalue weighted by Gasteiger charge is -2.36. The molecule has 0 atom stereocenters. The van der Waals surface area contributed by atoms with Gasteiger partial charge in [0.05, 0.1) is 11.9 Å². The summed E-state index contributed by atoms with van der Waals surface area (Å²) in [6, 6.07) is 10.6. The highest BCUT2D eigenvalue weighted by atomic mass is 35.5. The Labute approximate surface area is 177 Å². The van der Waals surface area contributed by atoms with Crippen LogP contribution >= 0.6 is 22.9 Å². The number of hydrogen-bond donors (Lipinski definition) is 1. The van der Waals surface area contributed by atoms with Gasteiger partial charge < -0.3 is 15.1 Å². The van der Waals surface area contributed by atoms with Gasteiger partial charge in [-0.25, -0.2) is 14.4 Å². The second-order valence-corrected chi connectivity index (χ2v) is 8.11. The molecule has 3 heterocycles. The van der Waals surface area contributed by atoms with Crippen molar-refractivity contribution in [3.63, 3.8) is 0 Å². The molecule has 1 aromatic carbocycles. The Morgan fingerprint density at radius 1 is 1.14 bits per heavy atom. The normalized spacial score (nSPS) is 14.2. The van der Waals surface area contributed by atoms with E-state index in [1.807, 2.05) is 36.1 Å². The average Bonchev–Trinajstić information content (AvgIpc) is 3.10. The molecule has 2 aromatic heterocycles. The van der Waals surface area contributed by atoms with Crippen molar-refractivity contribution in [3.05, 3.63) is 64.0 Å². The molecule has 150 valence electrons. The number of aryl methyl sites for hydroxylation is 1. The Morgan fingerprint density at radius 2 is 1.86 bits per heavy atom. The number of hydrogen-bond acceptors (Lipinski definition) is 6. The number of carbonyl (C=O) groups excluding carboxylic acids is 1. The van der Waals surface area contributed by atoms with Crippen molar-refractivity contribution >= 4 is 45.5 Å². The smallest absolute Gasteiger partial charge is 0.266 e. The summed E-state index contributed by atoms with van der Waals surface area (Å²) >= 11 is 7.24. The van der Waals surface area contributed by atoms with Crippen molar-refractivity contribution in [3.8, 4) is 0 Å². The molecule has 1 aliphatic rings. The number of nitrogens with zero attached hydrogens (tertiary/aromatic N) is 4. The third-order valence-electron chi connectivity index (χ3n) is 4.71. The summed E-state index contributed by atoms with van der Waals surface area (Å²) in [5, 5.41) is 4.29. The zero-order chi connectivity index (χ0) is 20.4. The molecule has 0 spiro atoms. The number of thiazole rings is 1. The molecule has 0 saturated carbocycles. The number of nitrogens with one attached hydrogen (secondary N) is 1. The SMILES string of the molecule is Cc1nc(Nc2ccc(F)cn2)sc1C(=O)N1CCN(c2ccc(Cl)cc2)CC1. The zero-order valence-electron chi connectivity index (χ0n) is 15.7. The third-order valence-corrected chi connectivity index (χ3v) is 6.02. The minimum absolute atomic E-state index is 0.0177. The molecule has 1 aliphatic heterocycles. The highest BCUT2D eigenvalue weighted by molar-refractivity contribution is 7.17. The van der Waals surface area contributed by atoms with Gasteiger partial charge in [0.15, 0.2) is 5.13 Å². The number of pyridine rings is 1. The minimum Gasteiger partial charge on any atom is -0.368 e. The average molecular weight is 432 g/mol. The molecular formula is C20H19ClFN5OS. The molecule has 0 radical (unpaired) electrons. The van der Waals surface area contributed by atoms with Gasteiger partial charge in [0, 0.05) is 36.9 Å². The summed E-state index contributed by atoms with van der Waals surface area (Å²) in [6.45, 7) is 4.62. The van der Waals surface area contributed by atoms with Gasteiger partial charge in [-0.15, -0.1) is 0 Å². The topological polar surface area (TPSA) is 61.4 Å². The van der Waals surface area contributed by atoms with Gasteiger partial charge in [0.25, 0.3) is 5.91 Å². The fourth-order valence-corrected chi connectivity index (χ4v) is 4.24. The lowest BCUT2D eigenvalue weighted by molar-refractivity contribution is 0.0750. The molecule has 4 rings (SSSR count). The highest BCUT2D eigenvalue weighted by Gasteiger charge is 2.25. The van der Waals surface area contributed by atoms with Gasteiger partial charge in [-0.2, -0.15) is 0 Å². The van der Waals surface area contributed by atoms with E-state index < -0.39 is 5.82 Å². The second kappa shape index (κ2) is 8.34. The van der Waals surface area contributed by atoms with Crippen molar-refractivity contribution in [1.29, 1.82) is 0 Å². The van der Waals surface area contributed by atoms with Crippen molar-refractivity contribution < 1.29 is 9.18 Å². The van der Waals surface area contributed by atoms with Crippen LogP contribution in [0.5, 0.6) is 0 Å². The molecular weight excluding hydrogens is 413 g/mol. The van der Waals surface area contributed by atoms with Crippen LogP contribution < -0.4 is 10.2 Å². The Bertz CT molecular complexity index is 1000. The first kappa shape index (κ1) is 19.6. The maximum Gasteiger partial charge on any atom is 0.266 e. The molecule has 6 nitrogen and oxygen atoms in total. The van der Waals surface area contributed by atoms with Crippen LogP contribution in [0, 0.1) is 12.7 Å². The molecule has 1 saturated heterocycles. The van der Waals surface area contributed by atoms with E-state index in [4.69, 9.17) is 11.6 Å². The van der Waals surface area contributed by atoms with Crippen molar-refractivity contribution in [2.75, 3.05) is 36.4 Å². The van der Waals surface area contributed by atoms with Crippen LogP contribution in [0.15, 0.2) is 42.6 Å². The van der Waals surface area contributed by atoms with Gasteiger partial charge in [0.1, 0.15) is 16.5 Å². The highest BCUT2D eigenvalue weighted by Crippen LogP contribution is 2.27. The molecule has 1 N–H and O–H groups in total. The van der Waals surface area contributed by atoms with E-state index in [1.54, 1.807) is 0 Å². The molecule has 1 amide bonds. The first-order valence-corrected chi connectivity index (χ1v) is 10.3. The van der Waals surface area contributed by atoms with E-state index in [0.717, 1.165) is 25.0 Å². The molecule has 0 unspecified atom stereocenters. The van der Waals surface area contributed by atoms with E-state index >= 15 is 0 Å². The van der Waals surface area contributed by atoms with E-state index in [2.05, 4.69) is 20.2 Å². The fraction of sp³-hybridized carbons (Fsp3) is 0.250. The van der Waals surface area contributed by atoms with Crippen LogP contribution in [0.25, 0.3) is 0 Å². The number of piperazine rings is 1. The first-order valence-electron chi connectivity index (χ1n) is 9.15. The number of anilines is 3. The minimum atomic E-state index is -0.403. The second-order valence-electron chi connectivity index (χ2n) is 6.68. The molecule has 0 aliphatic carbocycles. The zero-order valence-corrected chi connectivity index (χ0v) is 17.3. The van der Waals surface area contributed by atoms with Crippen LogP contribution in [0.4, 0.5) is 21.0 Å². The quantitative estimate of drug-likeness (QED) is 0.665. The Balaban J connectivity index is 1.40. The van der Waals surface area contributed by atoms with Gasteiger partial charge in [-0.3, -0.25) is 4.79 Å². The van der Waals surface area contributed by atoms with Crippen LogP contribution in [0.1, 0.15) is 15.4 Å². The third kappa shape index (κ3) is 4.49. The monoisotopic (exact) mass is 431 g/mol. The molecule has 0 bridgehead atoms. The van der Waals surface area contributed by atoms with Crippen LogP contribution in [0.2, 0.25) is 5.02 Å². The first-order chi connectivity index (χ1) is 14.0. The predicted octanol–water partition coefficient (Wildman–Crippen LogP) is 4.35. The largest absolute Gasteiger partial charge is 0.368 e. The van der Waals surface area contributed by atoms with E-state index in [9.17, 15) is 9.18 Å². The Kier molecular flexibility index (Phi) is 5.64. The maximum atomic E-state index is 13.0. The van der Waals surface area contributed by atoms with Crippen molar-refractivity contribution in [2.45, 2.75) is 6.92 Å². The summed E-state index contributed by atoms with van der Waals surface area (Å²) in [4.78, 5) is 26.1. The molecule has 1 fully saturated rings. The number of benzene rings is 1. The molecule has 9 heteroatoms. The van der Waals surface area contributed by atoms with E-state index in [0.29, 0.717) is 39.6 Å². The van der Waals surface area contributed by atoms with Crippen molar-refractivity contribution in [1.82, 2.24) is 14.9 Å². The summed E-state index contributed by atoms with van der Waals surface area (Å²) < 4.78 is 13.0. The van der Waals surface area contributed by atoms with Gasteiger partial charge in [0.2, 0.25) is 0 Å². The van der Waals surface area contributed by atoms with Crippen molar-refractivity contribution in [2.24, 2.45) is 0 Å². The van der Waals surface area contributed by atoms with Crippen LogP contribution in [-0.4, -0.2) is 47.0 Å². The van der Waals surface area contributed by atoms with Gasteiger partial charge in [-0.1, -0.05) is 22.9 Å². The number of carbonyl (C=O) groups is 1. The lowest BCUT2D eigenvalue weighted by atomic mass is 10.2. The van der Waals surface area contributed by atoms with Crippen LogP contribution in [0.3, 0.4) is 0 Å². The Morgan fingerprint density at radius 3 is 2.52 bits per heavy atom. The number of amides is 1. The lowest BCUT2D eigenvalue weighted by Crippen LogP contribution is -2.48. The Hall–Kier alpha value is -2.71. The number of rotatable bonds is 4. The number of halogens is 2. The van der Waals surface area contributed by atoms with Gasteiger partial charge in [-0.05, 0) is 43.3 Å². The molecule has 29 heavy (non-hydrogen) atoms. The summed E-state index contributed by atoms with van der Waals surface area (Å²) in [5.41, 5.74) is 1.78.